The molecule has 7 heteroatoms. The number of rotatable bonds is 4. The molecule has 154 valence electrons. The van der Waals surface area contributed by atoms with Gasteiger partial charge in [0.15, 0.2) is 0 Å². The maximum atomic E-state index is 13.1. The first kappa shape index (κ1) is 19.4. The molecule has 7 nitrogen and oxygen atoms in total. The number of piperidine rings is 2. The number of amides is 2. The number of aromatic nitrogens is 2. The van der Waals surface area contributed by atoms with Crippen molar-refractivity contribution in [2.75, 3.05) is 45.8 Å². The third kappa shape index (κ3) is 3.95. The van der Waals surface area contributed by atoms with E-state index < -0.39 is 0 Å². The number of likely N-dealkylation sites (tertiary alicyclic amines) is 3. The number of carbonyl (C=O) groups excluding carboxylic acids is 2. The van der Waals surface area contributed by atoms with Crippen molar-refractivity contribution in [3.05, 3.63) is 18.0 Å². The molecule has 0 aromatic carbocycles. The highest BCUT2D eigenvalue weighted by Gasteiger charge is 2.41. The lowest BCUT2D eigenvalue weighted by Crippen LogP contribution is -2.55. The van der Waals surface area contributed by atoms with Crippen LogP contribution in [0.25, 0.3) is 0 Å². The molecule has 1 spiro atoms. The maximum Gasteiger partial charge on any atom is 0.272 e. The summed E-state index contributed by atoms with van der Waals surface area (Å²) in [5.41, 5.74) is 0.825. The lowest BCUT2D eigenvalue weighted by Gasteiger charge is -2.48. The van der Waals surface area contributed by atoms with E-state index in [0.717, 1.165) is 77.8 Å². The zero-order valence-corrected chi connectivity index (χ0v) is 17.1. The van der Waals surface area contributed by atoms with Crippen molar-refractivity contribution in [3.8, 4) is 0 Å². The summed E-state index contributed by atoms with van der Waals surface area (Å²) in [6.07, 6.45) is 8.45. The fraction of sp³-hybridized carbons (Fsp3) is 0.762. The molecule has 3 aliphatic heterocycles. The number of carbonyl (C=O) groups is 2. The molecular weight excluding hydrogens is 354 g/mol. The Hall–Kier alpha value is -1.89. The molecule has 0 saturated carbocycles. The molecule has 1 atom stereocenters. The zero-order chi connectivity index (χ0) is 19.6. The molecule has 2 amide bonds. The van der Waals surface area contributed by atoms with E-state index in [2.05, 4.69) is 10.00 Å². The van der Waals surface area contributed by atoms with E-state index >= 15 is 0 Å². The van der Waals surface area contributed by atoms with Crippen LogP contribution < -0.4 is 0 Å². The first-order chi connectivity index (χ1) is 13.6. The van der Waals surface area contributed by atoms with Gasteiger partial charge in [0, 0.05) is 50.9 Å². The average molecular weight is 388 g/mol. The van der Waals surface area contributed by atoms with Gasteiger partial charge in [0.2, 0.25) is 5.91 Å². The van der Waals surface area contributed by atoms with Gasteiger partial charge in [-0.3, -0.25) is 19.2 Å². The van der Waals surface area contributed by atoms with Crippen LogP contribution in [-0.4, -0.2) is 82.1 Å². The van der Waals surface area contributed by atoms with E-state index in [1.165, 1.54) is 0 Å². The summed E-state index contributed by atoms with van der Waals surface area (Å²) >= 11 is 0. The Morgan fingerprint density at radius 1 is 1.00 bits per heavy atom. The molecule has 1 aromatic heterocycles. The Labute approximate surface area is 167 Å². The fourth-order valence-corrected chi connectivity index (χ4v) is 5.35. The molecule has 3 fully saturated rings. The van der Waals surface area contributed by atoms with Crippen LogP contribution in [0, 0.1) is 5.41 Å². The first-order valence-corrected chi connectivity index (χ1v) is 10.9. The largest absolute Gasteiger partial charge is 0.342 e. The van der Waals surface area contributed by atoms with Gasteiger partial charge in [-0.05, 0) is 58.1 Å². The molecule has 28 heavy (non-hydrogen) atoms. The van der Waals surface area contributed by atoms with Crippen molar-refractivity contribution in [2.24, 2.45) is 5.41 Å². The van der Waals surface area contributed by atoms with Gasteiger partial charge in [-0.25, -0.2) is 0 Å². The van der Waals surface area contributed by atoms with Crippen LogP contribution >= 0.6 is 0 Å². The summed E-state index contributed by atoms with van der Waals surface area (Å²) < 4.78 is 1.78. The molecule has 3 saturated heterocycles. The van der Waals surface area contributed by atoms with Gasteiger partial charge in [0.05, 0.1) is 6.54 Å². The molecule has 0 radical (unpaired) electrons. The Morgan fingerprint density at radius 3 is 2.46 bits per heavy atom. The van der Waals surface area contributed by atoms with Crippen LogP contribution in [0.4, 0.5) is 0 Å². The zero-order valence-electron chi connectivity index (χ0n) is 17.1. The predicted octanol–water partition coefficient (Wildman–Crippen LogP) is 1.84. The van der Waals surface area contributed by atoms with E-state index in [1.54, 1.807) is 10.9 Å². The van der Waals surface area contributed by atoms with Gasteiger partial charge in [0.1, 0.15) is 5.69 Å². The van der Waals surface area contributed by atoms with Crippen molar-refractivity contribution in [3.63, 3.8) is 0 Å². The second-order valence-electron chi connectivity index (χ2n) is 8.76. The van der Waals surface area contributed by atoms with E-state index in [4.69, 9.17) is 0 Å². The summed E-state index contributed by atoms with van der Waals surface area (Å²) in [6, 6.07) is 1.83. The second kappa shape index (κ2) is 8.23. The minimum Gasteiger partial charge on any atom is -0.342 e. The maximum absolute atomic E-state index is 13.1. The van der Waals surface area contributed by atoms with E-state index in [1.807, 2.05) is 22.8 Å². The van der Waals surface area contributed by atoms with Crippen LogP contribution in [-0.2, 0) is 11.3 Å². The van der Waals surface area contributed by atoms with E-state index in [9.17, 15) is 9.59 Å². The van der Waals surface area contributed by atoms with Gasteiger partial charge < -0.3 is 9.80 Å². The number of hydrogen-bond acceptors (Lipinski definition) is 4. The molecule has 3 aliphatic rings. The van der Waals surface area contributed by atoms with Crippen molar-refractivity contribution >= 4 is 11.8 Å². The summed E-state index contributed by atoms with van der Waals surface area (Å²) in [7, 11) is 0. The highest BCUT2D eigenvalue weighted by Crippen LogP contribution is 2.38. The summed E-state index contributed by atoms with van der Waals surface area (Å²) in [6.45, 7) is 8.66. The van der Waals surface area contributed by atoms with Gasteiger partial charge >= 0.3 is 0 Å². The van der Waals surface area contributed by atoms with Crippen molar-refractivity contribution in [1.29, 1.82) is 0 Å². The standard InChI is InChI=1S/C21H33N5O2/c1-2-26-18(7-10-22-26)20(28)25-14-6-9-21(17-25)8-5-11-23(16-21)15-19(27)24-12-3-4-13-24/h7,10H,2-6,8-9,11-17H2,1H3. The highest BCUT2D eigenvalue weighted by molar-refractivity contribution is 5.92. The van der Waals surface area contributed by atoms with Gasteiger partial charge in [-0.15, -0.1) is 0 Å². The first-order valence-electron chi connectivity index (χ1n) is 10.9. The minimum absolute atomic E-state index is 0.101. The molecule has 1 unspecified atom stereocenters. The predicted molar refractivity (Wildman–Crippen MR) is 107 cm³/mol. The molecule has 0 bridgehead atoms. The number of nitrogens with zero attached hydrogens (tertiary/aromatic N) is 5. The van der Waals surface area contributed by atoms with E-state index in [0.29, 0.717) is 18.8 Å². The minimum atomic E-state index is 0.101. The third-order valence-corrected chi connectivity index (χ3v) is 6.74. The van der Waals surface area contributed by atoms with Crippen LogP contribution in [0.3, 0.4) is 0 Å². The van der Waals surface area contributed by atoms with Gasteiger partial charge in [-0.2, -0.15) is 5.10 Å². The Bertz CT molecular complexity index is 707. The third-order valence-electron chi connectivity index (χ3n) is 6.74. The van der Waals surface area contributed by atoms with E-state index in [-0.39, 0.29) is 17.2 Å². The van der Waals surface area contributed by atoms with Crippen LogP contribution in [0.2, 0.25) is 0 Å². The smallest absolute Gasteiger partial charge is 0.272 e. The quantitative estimate of drug-likeness (QED) is 0.791. The van der Waals surface area contributed by atoms with Gasteiger partial charge in [-0.1, -0.05) is 0 Å². The molecule has 4 heterocycles. The SMILES string of the molecule is CCn1nccc1C(=O)N1CCCC2(CCCN(CC(=O)N3CCCC3)C2)C1. The van der Waals surface area contributed by atoms with Crippen LogP contribution in [0.5, 0.6) is 0 Å². The Balaban J connectivity index is 1.40. The summed E-state index contributed by atoms with van der Waals surface area (Å²) in [4.78, 5) is 32.1. The number of aryl methyl sites for hydroxylation is 1. The van der Waals surface area contributed by atoms with Crippen molar-refractivity contribution in [1.82, 2.24) is 24.5 Å². The Kier molecular flexibility index (Phi) is 5.71. The molecular formula is C21H33N5O2. The second-order valence-corrected chi connectivity index (χ2v) is 8.76. The lowest BCUT2D eigenvalue weighted by molar-refractivity contribution is -0.132. The average Bonchev–Trinajstić information content (AvgIpc) is 3.39. The van der Waals surface area contributed by atoms with Gasteiger partial charge in [0.25, 0.3) is 5.91 Å². The molecule has 4 rings (SSSR count). The molecule has 0 aliphatic carbocycles. The molecule has 0 N–H and O–H groups in total. The van der Waals surface area contributed by atoms with Crippen LogP contribution in [0.1, 0.15) is 55.9 Å². The van der Waals surface area contributed by atoms with Crippen molar-refractivity contribution in [2.45, 2.75) is 52.0 Å². The summed E-state index contributed by atoms with van der Waals surface area (Å²) in [5, 5.41) is 4.26. The number of hydrogen-bond donors (Lipinski definition) is 0. The highest BCUT2D eigenvalue weighted by atomic mass is 16.2. The monoisotopic (exact) mass is 387 g/mol. The Morgan fingerprint density at radius 2 is 1.71 bits per heavy atom. The molecule has 1 aromatic rings. The normalized spacial score (nSPS) is 26.2. The van der Waals surface area contributed by atoms with Crippen LogP contribution in [0.15, 0.2) is 12.3 Å². The summed E-state index contributed by atoms with van der Waals surface area (Å²) in [5.74, 6) is 0.383. The lowest BCUT2D eigenvalue weighted by atomic mass is 9.73. The van der Waals surface area contributed by atoms with Crippen molar-refractivity contribution < 1.29 is 9.59 Å². The topological polar surface area (TPSA) is 61.7 Å². The fourth-order valence-electron chi connectivity index (χ4n) is 5.35.